The minimum absolute atomic E-state index is 0.183. The molecule has 1 aromatic rings. The molecule has 1 N–H and O–H groups in total. The van der Waals surface area contributed by atoms with Crippen molar-refractivity contribution in [2.24, 2.45) is 0 Å². The summed E-state index contributed by atoms with van der Waals surface area (Å²) in [5.41, 5.74) is -2.96. The molecule has 1 unspecified atom stereocenters. The lowest BCUT2D eigenvalue weighted by Gasteiger charge is -2.29. The molecule has 0 aromatic heterocycles. The van der Waals surface area contributed by atoms with Crippen LogP contribution in [0, 0.1) is 0 Å². The molecule has 2 rings (SSSR count). The lowest BCUT2D eigenvalue weighted by molar-refractivity contribution is -0.198. The van der Waals surface area contributed by atoms with Gasteiger partial charge in [-0.2, -0.15) is 13.2 Å². The van der Waals surface area contributed by atoms with Crippen LogP contribution >= 0.6 is 0 Å². The first kappa shape index (κ1) is 20.5. The van der Waals surface area contributed by atoms with Gasteiger partial charge < -0.3 is 10.2 Å². The Balaban J connectivity index is 2.37. The highest BCUT2D eigenvalue weighted by molar-refractivity contribution is 6.10. The van der Waals surface area contributed by atoms with Crippen LogP contribution < -0.4 is 5.32 Å². The first-order valence-corrected chi connectivity index (χ1v) is 8.23. The number of rotatable bonds is 6. The van der Waals surface area contributed by atoms with Gasteiger partial charge in [0.25, 0.3) is 5.91 Å². The molecule has 146 valence electrons. The fourth-order valence-corrected chi connectivity index (χ4v) is 2.90. The molecule has 0 radical (unpaired) electrons. The van der Waals surface area contributed by atoms with E-state index in [4.69, 9.17) is 0 Å². The third-order valence-corrected chi connectivity index (χ3v) is 4.23. The summed E-state index contributed by atoms with van der Waals surface area (Å²) in [5, 5.41) is 1.75. The van der Waals surface area contributed by atoms with Crippen LogP contribution in [0.2, 0.25) is 0 Å². The normalized spacial score (nSPS) is 19.8. The van der Waals surface area contributed by atoms with E-state index in [1.807, 2.05) is 0 Å². The van der Waals surface area contributed by atoms with E-state index in [-0.39, 0.29) is 13.1 Å². The fourth-order valence-electron chi connectivity index (χ4n) is 2.90. The third kappa shape index (κ3) is 3.67. The van der Waals surface area contributed by atoms with Gasteiger partial charge in [0.2, 0.25) is 11.4 Å². The number of hydrogen-bond acceptors (Lipinski definition) is 3. The number of likely N-dealkylation sites (N-methyl/N-ethyl adjacent to an activating group) is 1. The van der Waals surface area contributed by atoms with E-state index >= 15 is 0 Å². The Morgan fingerprint density at radius 3 is 2.33 bits per heavy atom. The molecule has 1 aliphatic heterocycles. The van der Waals surface area contributed by atoms with Crippen LogP contribution in [0.15, 0.2) is 42.5 Å². The van der Waals surface area contributed by atoms with Crippen molar-refractivity contribution in [3.05, 3.63) is 48.0 Å². The number of halogens is 3. The second kappa shape index (κ2) is 7.42. The van der Waals surface area contributed by atoms with E-state index in [0.29, 0.717) is 10.5 Å². The summed E-state index contributed by atoms with van der Waals surface area (Å²) in [6.07, 6.45) is -5.08. The molecule has 1 saturated heterocycles. The summed E-state index contributed by atoms with van der Waals surface area (Å²) < 4.78 is 41.6. The topological polar surface area (TPSA) is 69.7 Å². The van der Waals surface area contributed by atoms with Crippen molar-refractivity contribution < 1.29 is 27.6 Å². The highest BCUT2D eigenvalue weighted by Gasteiger charge is 2.68. The number of carbonyl (C=O) groups is 3. The number of alkyl halides is 3. The van der Waals surface area contributed by atoms with Crippen molar-refractivity contribution >= 4 is 17.8 Å². The zero-order valence-electron chi connectivity index (χ0n) is 15.0. The summed E-state index contributed by atoms with van der Waals surface area (Å²) in [7, 11) is 0. The van der Waals surface area contributed by atoms with Crippen LogP contribution in [0.5, 0.6) is 0 Å². The quantitative estimate of drug-likeness (QED) is 0.606. The molecular weight excluding hydrogens is 363 g/mol. The summed E-state index contributed by atoms with van der Waals surface area (Å²) in [4.78, 5) is 38.9. The van der Waals surface area contributed by atoms with E-state index in [1.165, 1.54) is 23.1 Å². The molecule has 1 aliphatic rings. The van der Waals surface area contributed by atoms with E-state index < -0.39 is 41.7 Å². The molecule has 6 nitrogen and oxygen atoms in total. The van der Waals surface area contributed by atoms with Gasteiger partial charge in [-0.25, -0.2) is 4.79 Å². The number of benzene rings is 1. The smallest absolute Gasteiger partial charge is 0.337 e. The minimum Gasteiger partial charge on any atom is -0.337 e. The molecular formula is C18H20F3N3O3. The van der Waals surface area contributed by atoms with Crippen LogP contribution in [0.3, 0.4) is 0 Å². The van der Waals surface area contributed by atoms with Gasteiger partial charge in [0.05, 0.1) is 0 Å². The lowest BCUT2D eigenvalue weighted by Crippen LogP contribution is -2.56. The van der Waals surface area contributed by atoms with Gasteiger partial charge in [0, 0.05) is 13.1 Å². The SMILES string of the molecule is C=C(C)CN(CC)C(=O)CN1C(=O)NC(c2ccccc2)(C(F)(F)F)C1=O. The van der Waals surface area contributed by atoms with Crippen molar-refractivity contribution in [2.75, 3.05) is 19.6 Å². The van der Waals surface area contributed by atoms with Gasteiger partial charge in [-0.3, -0.25) is 14.5 Å². The number of imide groups is 1. The summed E-state index contributed by atoms with van der Waals surface area (Å²) in [5.74, 6) is -2.17. The standard InChI is InChI=1S/C18H20F3N3O3/c1-4-23(10-12(2)3)14(25)11-24-15(26)17(18(19,20)21,22-16(24)27)13-8-6-5-7-9-13/h5-9H,2,4,10-11H2,1,3H3,(H,22,27). The Morgan fingerprint density at radius 1 is 1.26 bits per heavy atom. The number of urea groups is 1. The van der Waals surface area contributed by atoms with Crippen LogP contribution in [-0.4, -0.2) is 53.5 Å². The maximum absolute atomic E-state index is 13.9. The predicted octanol–water partition coefficient (Wildman–Crippen LogP) is 2.42. The van der Waals surface area contributed by atoms with E-state index in [9.17, 15) is 27.6 Å². The second-order valence-electron chi connectivity index (χ2n) is 6.30. The Hall–Kier alpha value is -2.84. The van der Waals surface area contributed by atoms with Crippen molar-refractivity contribution in [1.82, 2.24) is 15.1 Å². The summed E-state index contributed by atoms with van der Waals surface area (Å²) in [6, 6.07) is 5.12. The summed E-state index contributed by atoms with van der Waals surface area (Å²) >= 11 is 0. The summed E-state index contributed by atoms with van der Waals surface area (Å²) in [6.45, 7) is 6.71. The zero-order valence-corrected chi connectivity index (χ0v) is 15.0. The van der Waals surface area contributed by atoms with Crippen LogP contribution in [0.4, 0.5) is 18.0 Å². The maximum atomic E-state index is 13.9. The number of carbonyl (C=O) groups excluding carboxylic acids is 3. The molecule has 0 spiro atoms. The lowest BCUT2D eigenvalue weighted by atomic mass is 9.89. The Kier molecular flexibility index (Phi) is 5.62. The molecule has 4 amide bonds. The molecule has 1 aromatic carbocycles. The molecule has 0 saturated carbocycles. The molecule has 1 fully saturated rings. The predicted molar refractivity (Wildman–Crippen MR) is 91.5 cm³/mol. The number of nitrogens with one attached hydrogen (secondary N) is 1. The molecule has 9 heteroatoms. The van der Waals surface area contributed by atoms with Crippen molar-refractivity contribution in [1.29, 1.82) is 0 Å². The van der Waals surface area contributed by atoms with E-state index in [0.717, 1.165) is 12.1 Å². The van der Waals surface area contributed by atoms with E-state index in [1.54, 1.807) is 19.2 Å². The monoisotopic (exact) mass is 383 g/mol. The van der Waals surface area contributed by atoms with Gasteiger partial charge in [0.1, 0.15) is 6.54 Å². The fraction of sp³-hybridized carbons (Fsp3) is 0.389. The van der Waals surface area contributed by atoms with Crippen molar-refractivity contribution in [3.63, 3.8) is 0 Å². The number of hydrogen-bond donors (Lipinski definition) is 1. The van der Waals surface area contributed by atoms with Gasteiger partial charge in [-0.15, -0.1) is 0 Å². The van der Waals surface area contributed by atoms with Gasteiger partial charge in [-0.1, -0.05) is 42.5 Å². The average Bonchev–Trinajstić information content (AvgIpc) is 2.85. The van der Waals surface area contributed by atoms with Gasteiger partial charge in [-0.05, 0) is 19.4 Å². The zero-order chi connectivity index (χ0) is 20.4. The number of amides is 4. The third-order valence-electron chi connectivity index (χ3n) is 4.23. The van der Waals surface area contributed by atoms with Gasteiger partial charge in [0.15, 0.2) is 0 Å². The van der Waals surface area contributed by atoms with Gasteiger partial charge >= 0.3 is 12.2 Å². The molecule has 0 bridgehead atoms. The first-order chi connectivity index (χ1) is 12.5. The molecule has 0 aliphatic carbocycles. The van der Waals surface area contributed by atoms with Crippen LogP contribution in [0.25, 0.3) is 0 Å². The van der Waals surface area contributed by atoms with Crippen molar-refractivity contribution in [3.8, 4) is 0 Å². The van der Waals surface area contributed by atoms with Crippen LogP contribution in [-0.2, 0) is 15.1 Å². The average molecular weight is 383 g/mol. The Morgan fingerprint density at radius 2 is 1.85 bits per heavy atom. The van der Waals surface area contributed by atoms with Crippen LogP contribution in [0.1, 0.15) is 19.4 Å². The first-order valence-electron chi connectivity index (χ1n) is 8.23. The largest absolute Gasteiger partial charge is 0.425 e. The minimum atomic E-state index is -5.08. The second-order valence-corrected chi connectivity index (χ2v) is 6.30. The molecule has 1 atom stereocenters. The molecule has 27 heavy (non-hydrogen) atoms. The Bertz CT molecular complexity index is 764. The maximum Gasteiger partial charge on any atom is 0.425 e. The van der Waals surface area contributed by atoms with Crippen molar-refractivity contribution in [2.45, 2.75) is 25.6 Å². The van der Waals surface area contributed by atoms with E-state index in [2.05, 4.69) is 6.58 Å². The molecule has 1 heterocycles. The Labute approximate surface area is 154 Å². The number of nitrogens with zero attached hydrogens (tertiary/aromatic N) is 2. The highest BCUT2D eigenvalue weighted by Crippen LogP contribution is 2.43. The highest BCUT2D eigenvalue weighted by atomic mass is 19.4.